The van der Waals surface area contributed by atoms with Crippen molar-refractivity contribution in [3.63, 3.8) is 0 Å². The van der Waals surface area contributed by atoms with Crippen LogP contribution in [0.25, 0.3) is 5.69 Å². The van der Waals surface area contributed by atoms with E-state index in [2.05, 4.69) is 10.4 Å². The molecule has 26 heavy (non-hydrogen) atoms. The summed E-state index contributed by atoms with van der Waals surface area (Å²) in [5.74, 6) is -0.0104. The van der Waals surface area contributed by atoms with Gasteiger partial charge < -0.3 is 11.1 Å². The summed E-state index contributed by atoms with van der Waals surface area (Å²) < 4.78 is 38.9. The number of amides is 1. The smallest absolute Gasteiger partial charge is 0.352 e. The van der Waals surface area contributed by atoms with Crippen LogP contribution in [0.3, 0.4) is 0 Å². The minimum absolute atomic E-state index is 0.0104. The Balaban J connectivity index is 1.80. The van der Waals surface area contributed by atoms with Crippen molar-refractivity contribution >= 4 is 5.91 Å². The van der Waals surface area contributed by atoms with Crippen molar-refractivity contribution < 1.29 is 18.0 Å². The van der Waals surface area contributed by atoms with Crippen molar-refractivity contribution in [3.8, 4) is 5.69 Å². The normalized spacial score (nSPS) is 11.5. The molecule has 0 unspecified atom stereocenters. The Morgan fingerprint density at radius 2 is 1.77 bits per heavy atom. The second kappa shape index (κ2) is 9.38. The van der Waals surface area contributed by atoms with Gasteiger partial charge in [0.15, 0.2) is 5.69 Å². The maximum Gasteiger partial charge on any atom is 0.435 e. The average molecular weight is 368 g/mol. The van der Waals surface area contributed by atoms with E-state index in [0.717, 1.165) is 37.3 Å². The number of carbonyl (C=O) groups excluding carboxylic acids is 1. The van der Waals surface area contributed by atoms with Crippen molar-refractivity contribution in [2.45, 2.75) is 44.8 Å². The molecule has 2 aromatic rings. The molecule has 0 aliphatic carbocycles. The fraction of sp³-hybridized carbons (Fsp3) is 0.444. The van der Waals surface area contributed by atoms with Crippen LogP contribution in [0.15, 0.2) is 36.5 Å². The Labute approximate surface area is 150 Å². The van der Waals surface area contributed by atoms with Crippen LogP contribution < -0.4 is 11.1 Å². The maximum absolute atomic E-state index is 12.6. The number of benzene rings is 1. The fourth-order valence-electron chi connectivity index (χ4n) is 2.46. The Morgan fingerprint density at radius 3 is 2.38 bits per heavy atom. The number of hydrogen-bond donors (Lipinski definition) is 2. The third-order valence-corrected chi connectivity index (χ3v) is 3.93. The number of carbonyl (C=O) groups is 1. The number of rotatable bonds is 9. The van der Waals surface area contributed by atoms with Gasteiger partial charge in [0, 0.05) is 19.2 Å². The van der Waals surface area contributed by atoms with Crippen LogP contribution in [0.1, 0.15) is 43.4 Å². The lowest BCUT2D eigenvalue weighted by Crippen LogP contribution is -2.22. The number of nitrogens with zero attached hydrogens (tertiary/aromatic N) is 2. The van der Waals surface area contributed by atoms with E-state index in [1.54, 1.807) is 24.3 Å². The van der Waals surface area contributed by atoms with Crippen LogP contribution in [-0.4, -0.2) is 22.2 Å². The third-order valence-electron chi connectivity index (χ3n) is 3.93. The predicted octanol–water partition coefficient (Wildman–Crippen LogP) is 3.42. The van der Waals surface area contributed by atoms with Crippen molar-refractivity contribution in [1.29, 1.82) is 0 Å². The summed E-state index contributed by atoms with van der Waals surface area (Å²) in [4.78, 5) is 11.8. The number of unbranched alkanes of at least 4 members (excludes halogenated alkanes) is 3. The van der Waals surface area contributed by atoms with E-state index in [1.165, 1.54) is 10.9 Å². The lowest BCUT2D eigenvalue weighted by atomic mass is 10.1. The average Bonchev–Trinajstić information content (AvgIpc) is 3.11. The minimum atomic E-state index is -4.46. The van der Waals surface area contributed by atoms with Gasteiger partial charge in [-0.3, -0.25) is 4.79 Å². The maximum atomic E-state index is 12.6. The highest BCUT2D eigenvalue weighted by Crippen LogP contribution is 2.27. The van der Waals surface area contributed by atoms with Crippen LogP contribution in [0.4, 0.5) is 13.2 Å². The minimum Gasteiger partial charge on any atom is -0.352 e. The van der Waals surface area contributed by atoms with E-state index in [-0.39, 0.29) is 5.91 Å². The molecule has 0 saturated carbocycles. The Bertz CT molecular complexity index is 695. The van der Waals surface area contributed by atoms with Crippen molar-refractivity contribution in [3.05, 3.63) is 47.8 Å². The number of nitrogens with one attached hydrogen (secondary N) is 1. The van der Waals surface area contributed by atoms with E-state index < -0.39 is 11.9 Å². The molecular weight excluding hydrogens is 345 g/mol. The molecule has 0 saturated heterocycles. The quantitative estimate of drug-likeness (QED) is 0.666. The van der Waals surface area contributed by atoms with E-state index in [0.29, 0.717) is 25.2 Å². The topological polar surface area (TPSA) is 72.9 Å². The zero-order valence-corrected chi connectivity index (χ0v) is 14.4. The van der Waals surface area contributed by atoms with Crippen LogP contribution >= 0.6 is 0 Å². The van der Waals surface area contributed by atoms with Crippen LogP contribution in [0.2, 0.25) is 0 Å². The van der Waals surface area contributed by atoms with Gasteiger partial charge in [0.2, 0.25) is 5.91 Å². The van der Waals surface area contributed by atoms with Gasteiger partial charge in [-0.25, -0.2) is 4.68 Å². The number of aromatic nitrogens is 2. The Kier molecular flexibility index (Phi) is 7.20. The first-order valence-corrected chi connectivity index (χ1v) is 8.59. The molecule has 0 fully saturated rings. The summed E-state index contributed by atoms with van der Waals surface area (Å²) in [6.07, 6.45) is 1.14. The molecule has 1 aromatic heterocycles. The number of hydrogen-bond acceptors (Lipinski definition) is 3. The van der Waals surface area contributed by atoms with Crippen LogP contribution in [0.5, 0.6) is 0 Å². The summed E-state index contributed by atoms with van der Waals surface area (Å²) in [5.41, 5.74) is 5.88. The van der Waals surface area contributed by atoms with Gasteiger partial charge in [-0.15, -0.1) is 0 Å². The summed E-state index contributed by atoms with van der Waals surface area (Å²) in [6, 6.07) is 7.78. The van der Waals surface area contributed by atoms with E-state index in [1.807, 2.05) is 0 Å². The summed E-state index contributed by atoms with van der Waals surface area (Å²) in [7, 11) is 0. The predicted molar refractivity (Wildman–Crippen MR) is 92.6 cm³/mol. The summed E-state index contributed by atoms with van der Waals surface area (Å²) in [6.45, 7) is 1.06. The third kappa shape index (κ3) is 6.18. The van der Waals surface area contributed by atoms with Crippen molar-refractivity contribution in [2.24, 2.45) is 5.73 Å². The molecule has 0 aliphatic rings. The molecule has 2 rings (SSSR count). The highest BCUT2D eigenvalue weighted by Gasteiger charge is 2.33. The van der Waals surface area contributed by atoms with Gasteiger partial charge in [0.05, 0.1) is 5.69 Å². The molecule has 0 atom stereocenters. The lowest BCUT2D eigenvalue weighted by Gasteiger charge is -2.07. The van der Waals surface area contributed by atoms with Crippen molar-refractivity contribution in [2.75, 3.05) is 6.54 Å². The molecule has 142 valence electrons. The lowest BCUT2D eigenvalue weighted by molar-refractivity contribution is -0.141. The highest BCUT2D eigenvalue weighted by atomic mass is 19.4. The zero-order valence-electron chi connectivity index (χ0n) is 14.4. The first kappa shape index (κ1) is 20.0. The molecule has 1 aromatic carbocycles. The molecule has 0 spiro atoms. The van der Waals surface area contributed by atoms with Gasteiger partial charge in [0.1, 0.15) is 0 Å². The van der Waals surface area contributed by atoms with Crippen LogP contribution in [-0.2, 0) is 17.5 Å². The fourth-order valence-corrected chi connectivity index (χ4v) is 2.46. The van der Waals surface area contributed by atoms with Gasteiger partial charge >= 0.3 is 6.18 Å². The molecule has 1 heterocycles. The van der Waals surface area contributed by atoms with Gasteiger partial charge in [-0.05, 0) is 43.1 Å². The molecule has 0 radical (unpaired) electrons. The standard InChI is InChI=1S/C18H23F3N4O/c19-18(20,21)16-10-12-25(24-16)15-8-6-14(7-9-15)13-23-17(26)5-3-1-2-4-11-22/h6-10,12H,1-5,11,13,22H2,(H,23,26). The summed E-state index contributed by atoms with van der Waals surface area (Å²) in [5, 5.41) is 6.36. The molecule has 5 nitrogen and oxygen atoms in total. The van der Waals surface area contributed by atoms with Gasteiger partial charge in [-0.1, -0.05) is 25.0 Å². The first-order chi connectivity index (χ1) is 12.4. The van der Waals surface area contributed by atoms with Crippen molar-refractivity contribution in [1.82, 2.24) is 15.1 Å². The monoisotopic (exact) mass is 368 g/mol. The SMILES string of the molecule is NCCCCCCC(=O)NCc1ccc(-n2ccc(C(F)(F)F)n2)cc1. The molecule has 1 amide bonds. The second-order valence-corrected chi connectivity index (χ2v) is 6.04. The summed E-state index contributed by atoms with van der Waals surface area (Å²) >= 11 is 0. The Morgan fingerprint density at radius 1 is 1.08 bits per heavy atom. The first-order valence-electron chi connectivity index (χ1n) is 8.59. The largest absolute Gasteiger partial charge is 0.435 e. The molecule has 0 bridgehead atoms. The number of halogens is 3. The van der Waals surface area contributed by atoms with E-state index in [4.69, 9.17) is 5.73 Å². The molecule has 8 heteroatoms. The Hall–Kier alpha value is -2.35. The second-order valence-electron chi connectivity index (χ2n) is 6.04. The molecule has 3 N–H and O–H groups in total. The van der Waals surface area contributed by atoms with Gasteiger partial charge in [0.25, 0.3) is 0 Å². The number of nitrogens with two attached hydrogens (primary N) is 1. The van der Waals surface area contributed by atoms with Gasteiger partial charge in [-0.2, -0.15) is 18.3 Å². The molecule has 0 aliphatic heterocycles. The van der Waals surface area contributed by atoms with E-state index >= 15 is 0 Å². The number of alkyl halides is 3. The van der Waals surface area contributed by atoms with Crippen LogP contribution in [0, 0.1) is 0 Å². The zero-order chi connectivity index (χ0) is 19.0. The van der Waals surface area contributed by atoms with E-state index in [9.17, 15) is 18.0 Å². The highest BCUT2D eigenvalue weighted by molar-refractivity contribution is 5.75. The molecular formula is C18H23F3N4O.